The molecule has 3 amide bonds. The highest BCUT2D eigenvalue weighted by Gasteiger charge is 2.59. The van der Waals surface area contributed by atoms with Gasteiger partial charge in [0, 0.05) is 0 Å². The highest BCUT2D eigenvalue weighted by Crippen LogP contribution is 2.52. The second kappa shape index (κ2) is 5.47. The van der Waals surface area contributed by atoms with Gasteiger partial charge in [0.1, 0.15) is 12.3 Å². The molecule has 6 heteroatoms. The van der Waals surface area contributed by atoms with E-state index in [4.69, 9.17) is 4.74 Å². The van der Waals surface area contributed by atoms with Gasteiger partial charge in [-0.2, -0.15) is 0 Å². The van der Waals surface area contributed by atoms with Crippen LogP contribution in [-0.4, -0.2) is 36.3 Å². The summed E-state index contributed by atoms with van der Waals surface area (Å²) in [5.74, 6) is -0.532. The maximum absolute atomic E-state index is 12.6. The van der Waals surface area contributed by atoms with E-state index in [2.05, 4.69) is 5.32 Å². The fourth-order valence-corrected chi connectivity index (χ4v) is 4.20. The molecule has 24 heavy (non-hydrogen) atoms. The molecule has 3 aliphatic rings. The highest BCUT2D eigenvalue weighted by molar-refractivity contribution is 6.09. The lowest BCUT2D eigenvalue weighted by molar-refractivity contribution is -0.143. The summed E-state index contributed by atoms with van der Waals surface area (Å²) >= 11 is 0. The summed E-state index contributed by atoms with van der Waals surface area (Å²) in [6.07, 6.45) is 4.96. The standard InChI is InChI=1S/C18H18N2O4/c1-24-13-5-3-2-4-12(13)19-14(21)9-20-17(22)15-10-6-7-11(8-10)16(15)18(20)23/h2-7,10-11,15-16H,8-9H2,1H3,(H,19,21)/t10-,11+,15?,16?. The lowest BCUT2D eigenvalue weighted by Gasteiger charge is -2.17. The van der Waals surface area contributed by atoms with Crippen molar-refractivity contribution in [3.8, 4) is 5.75 Å². The molecule has 4 atom stereocenters. The lowest BCUT2D eigenvalue weighted by atomic mass is 9.85. The lowest BCUT2D eigenvalue weighted by Crippen LogP contribution is -2.39. The van der Waals surface area contributed by atoms with Crippen molar-refractivity contribution in [1.82, 2.24) is 4.90 Å². The normalized spacial score (nSPS) is 30.0. The Morgan fingerprint density at radius 1 is 1.17 bits per heavy atom. The quantitative estimate of drug-likeness (QED) is 0.671. The number of nitrogens with one attached hydrogen (secondary N) is 1. The molecule has 1 aliphatic heterocycles. The third-order valence-corrected chi connectivity index (χ3v) is 5.24. The van der Waals surface area contributed by atoms with E-state index in [1.165, 1.54) is 7.11 Å². The van der Waals surface area contributed by atoms with Gasteiger partial charge in [0.15, 0.2) is 0 Å². The summed E-state index contributed by atoms with van der Waals surface area (Å²) in [5, 5.41) is 2.71. The molecular formula is C18H18N2O4. The first-order valence-electron chi connectivity index (χ1n) is 8.06. The number of fused-ring (bicyclic) bond motifs is 5. The molecule has 1 heterocycles. The van der Waals surface area contributed by atoms with E-state index in [0.29, 0.717) is 11.4 Å². The van der Waals surface area contributed by atoms with E-state index >= 15 is 0 Å². The predicted octanol–water partition coefficient (Wildman–Crippen LogP) is 1.44. The Labute approximate surface area is 139 Å². The number of allylic oxidation sites excluding steroid dienone is 2. The zero-order valence-corrected chi connectivity index (χ0v) is 13.3. The van der Waals surface area contributed by atoms with Gasteiger partial charge in [-0.3, -0.25) is 19.3 Å². The molecule has 2 bridgehead atoms. The number of carbonyl (C=O) groups excluding carboxylic acids is 3. The van der Waals surface area contributed by atoms with Crippen molar-refractivity contribution in [2.45, 2.75) is 6.42 Å². The Balaban J connectivity index is 1.47. The number of carbonyl (C=O) groups is 3. The topological polar surface area (TPSA) is 75.7 Å². The minimum atomic E-state index is -0.401. The Kier molecular flexibility index (Phi) is 3.40. The number of anilines is 1. The zero-order valence-electron chi connectivity index (χ0n) is 13.3. The van der Waals surface area contributed by atoms with E-state index in [1.807, 2.05) is 12.2 Å². The summed E-state index contributed by atoms with van der Waals surface area (Å²) in [4.78, 5) is 38.5. The summed E-state index contributed by atoms with van der Waals surface area (Å²) in [7, 11) is 1.52. The van der Waals surface area contributed by atoms with Gasteiger partial charge in [0.2, 0.25) is 17.7 Å². The van der Waals surface area contributed by atoms with Crippen molar-refractivity contribution in [3.05, 3.63) is 36.4 Å². The van der Waals surface area contributed by atoms with Crippen LogP contribution in [-0.2, 0) is 14.4 Å². The summed E-state index contributed by atoms with van der Waals surface area (Å²) in [5.41, 5.74) is 0.519. The van der Waals surface area contributed by atoms with E-state index in [0.717, 1.165) is 11.3 Å². The maximum atomic E-state index is 12.6. The molecule has 1 aromatic rings. The first kappa shape index (κ1) is 14.9. The van der Waals surface area contributed by atoms with Crippen molar-refractivity contribution < 1.29 is 19.1 Å². The number of amides is 3. The van der Waals surface area contributed by atoms with Crippen molar-refractivity contribution >= 4 is 23.4 Å². The number of methoxy groups -OCH3 is 1. The average Bonchev–Trinajstić information content (AvgIpc) is 3.25. The molecule has 2 fully saturated rings. The Hall–Kier alpha value is -2.63. The predicted molar refractivity (Wildman–Crippen MR) is 86.1 cm³/mol. The van der Waals surface area contributed by atoms with E-state index < -0.39 is 5.91 Å². The smallest absolute Gasteiger partial charge is 0.244 e. The molecule has 1 N–H and O–H groups in total. The molecule has 2 aliphatic carbocycles. The monoisotopic (exact) mass is 326 g/mol. The molecular weight excluding hydrogens is 308 g/mol. The number of benzene rings is 1. The van der Waals surface area contributed by atoms with Gasteiger partial charge in [0.25, 0.3) is 0 Å². The maximum Gasteiger partial charge on any atom is 0.244 e. The van der Waals surface area contributed by atoms with Crippen LogP contribution in [0.25, 0.3) is 0 Å². The van der Waals surface area contributed by atoms with Crippen LogP contribution < -0.4 is 10.1 Å². The van der Waals surface area contributed by atoms with Gasteiger partial charge in [-0.25, -0.2) is 0 Å². The number of imide groups is 1. The molecule has 1 saturated carbocycles. The van der Waals surface area contributed by atoms with Gasteiger partial charge >= 0.3 is 0 Å². The van der Waals surface area contributed by atoms with Crippen LogP contribution in [0.15, 0.2) is 36.4 Å². The van der Waals surface area contributed by atoms with Gasteiger partial charge < -0.3 is 10.1 Å². The van der Waals surface area contributed by atoms with E-state index in [-0.39, 0.29) is 42.0 Å². The van der Waals surface area contributed by atoms with Crippen molar-refractivity contribution in [2.75, 3.05) is 19.0 Å². The fourth-order valence-electron chi connectivity index (χ4n) is 4.20. The summed E-state index contributed by atoms with van der Waals surface area (Å²) in [6, 6.07) is 7.02. The number of hydrogen-bond donors (Lipinski definition) is 1. The minimum absolute atomic E-state index is 0.152. The third-order valence-electron chi connectivity index (χ3n) is 5.24. The number of ether oxygens (including phenoxy) is 1. The first-order valence-corrected chi connectivity index (χ1v) is 8.06. The van der Waals surface area contributed by atoms with Gasteiger partial charge in [-0.15, -0.1) is 0 Å². The fraction of sp³-hybridized carbons (Fsp3) is 0.389. The number of rotatable bonds is 4. The van der Waals surface area contributed by atoms with Crippen LogP contribution in [0.2, 0.25) is 0 Å². The zero-order chi connectivity index (χ0) is 16.8. The largest absolute Gasteiger partial charge is 0.495 e. The van der Waals surface area contributed by atoms with Crippen LogP contribution >= 0.6 is 0 Å². The SMILES string of the molecule is COc1ccccc1NC(=O)CN1C(=O)C2C(C1=O)[C@H]1C=C[C@@H]2C1. The molecule has 0 radical (unpaired) electrons. The molecule has 4 rings (SSSR count). The molecule has 124 valence electrons. The Bertz CT molecular complexity index is 727. The summed E-state index contributed by atoms with van der Waals surface area (Å²) in [6.45, 7) is -0.248. The van der Waals surface area contributed by atoms with Crippen molar-refractivity contribution in [3.63, 3.8) is 0 Å². The van der Waals surface area contributed by atoms with Crippen LogP contribution in [0.3, 0.4) is 0 Å². The van der Waals surface area contributed by atoms with Crippen molar-refractivity contribution in [2.24, 2.45) is 23.7 Å². The van der Waals surface area contributed by atoms with Crippen LogP contribution in [0, 0.1) is 23.7 Å². The van der Waals surface area contributed by atoms with Gasteiger partial charge in [-0.05, 0) is 30.4 Å². The minimum Gasteiger partial charge on any atom is -0.495 e. The number of para-hydroxylation sites is 2. The molecule has 1 aromatic carbocycles. The number of hydrogen-bond acceptors (Lipinski definition) is 4. The van der Waals surface area contributed by atoms with E-state index in [1.54, 1.807) is 24.3 Å². The second-order valence-corrected chi connectivity index (χ2v) is 6.51. The van der Waals surface area contributed by atoms with Crippen LogP contribution in [0.1, 0.15) is 6.42 Å². The molecule has 0 spiro atoms. The van der Waals surface area contributed by atoms with Crippen LogP contribution in [0.5, 0.6) is 5.75 Å². The number of likely N-dealkylation sites (tertiary alicyclic amines) is 1. The molecule has 2 unspecified atom stereocenters. The van der Waals surface area contributed by atoms with Crippen LogP contribution in [0.4, 0.5) is 5.69 Å². The summed E-state index contributed by atoms with van der Waals surface area (Å²) < 4.78 is 5.19. The average molecular weight is 326 g/mol. The van der Waals surface area contributed by atoms with Gasteiger partial charge in [-0.1, -0.05) is 24.3 Å². The third kappa shape index (κ3) is 2.13. The molecule has 1 saturated heterocycles. The molecule has 0 aromatic heterocycles. The van der Waals surface area contributed by atoms with E-state index in [9.17, 15) is 14.4 Å². The molecule has 6 nitrogen and oxygen atoms in total. The van der Waals surface area contributed by atoms with Crippen molar-refractivity contribution in [1.29, 1.82) is 0 Å². The second-order valence-electron chi connectivity index (χ2n) is 6.51. The van der Waals surface area contributed by atoms with Gasteiger partial charge in [0.05, 0.1) is 24.6 Å². The Morgan fingerprint density at radius 2 is 1.79 bits per heavy atom. The number of nitrogens with zero attached hydrogens (tertiary/aromatic N) is 1. The first-order chi connectivity index (χ1) is 11.6. The highest BCUT2D eigenvalue weighted by atomic mass is 16.5. The Morgan fingerprint density at radius 3 is 2.42 bits per heavy atom.